The molecular weight excluding hydrogens is 174 g/mol. The minimum absolute atomic E-state index is 0.0283. The number of amides is 1. The first kappa shape index (κ1) is 11.3. The third-order valence-corrected chi connectivity index (χ3v) is 3.19. The van der Waals surface area contributed by atoms with Crippen LogP contribution in [-0.2, 0) is 4.79 Å². The molecule has 2 atom stereocenters. The van der Waals surface area contributed by atoms with Gasteiger partial charge in [-0.2, -0.15) is 0 Å². The van der Waals surface area contributed by atoms with Gasteiger partial charge in [0.05, 0.1) is 0 Å². The highest BCUT2D eigenvalue weighted by Crippen LogP contribution is 2.29. The van der Waals surface area contributed by atoms with Crippen molar-refractivity contribution < 1.29 is 4.79 Å². The molecule has 0 heterocycles. The van der Waals surface area contributed by atoms with Crippen molar-refractivity contribution in [2.45, 2.75) is 45.6 Å². The van der Waals surface area contributed by atoms with Crippen LogP contribution in [0.25, 0.3) is 0 Å². The first-order chi connectivity index (χ1) is 6.63. The summed E-state index contributed by atoms with van der Waals surface area (Å²) in [6.45, 7) is 8.00. The quantitative estimate of drug-likeness (QED) is 0.689. The van der Waals surface area contributed by atoms with Gasteiger partial charge in [-0.15, -0.1) is 0 Å². The lowest BCUT2D eigenvalue weighted by atomic mass is 9.79. The molecule has 14 heavy (non-hydrogen) atoms. The third kappa shape index (κ3) is 3.17. The van der Waals surface area contributed by atoms with Crippen molar-refractivity contribution >= 4 is 5.91 Å². The topological polar surface area (TPSA) is 29.1 Å². The Bertz CT molecular complexity index is 210. The molecular formula is C12H21NO. The Kier molecular flexibility index (Phi) is 4.18. The number of carbonyl (C=O) groups excluding carboxylic acids is 1. The Labute approximate surface area is 86.8 Å². The van der Waals surface area contributed by atoms with E-state index in [0.717, 1.165) is 24.7 Å². The van der Waals surface area contributed by atoms with Crippen molar-refractivity contribution in [2.75, 3.05) is 0 Å². The molecule has 0 aromatic rings. The maximum Gasteiger partial charge on any atom is 0.243 e. The van der Waals surface area contributed by atoms with Crippen LogP contribution in [0.15, 0.2) is 12.7 Å². The molecule has 1 aliphatic carbocycles. The minimum Gasteiger partial charge on any atom is -0.350 e. The van der Waals surface area contributed by atoms with Gasteiger partial charge in [0.1, 0.15) is 0 Å². The molecule has 0 aromatic carbocycles. The molecule has 0 aromatic heterocycles. The van der Waals surface area contributed by atoms with E-state index in [1.807, 2.05) is 0 Å². The van der Waals surface area contributed by atoms with E-state index in [2.05, 4.69) is 25.7 Å². The number of carbonyl (C=O) groups is 1. The van der Waals surface area contributed by atoms with Gasteiger partial charge >= 0.3 is 0 Å². The van der Waals surface area contributed by atoms with E-state index in [9.17, 15) is 4.79 Å². The van der Waals surface area contributed by atoms with Crippen LogP contribution in [0.3, 0.4) is 0 Å². The zero-order valence-electron chi connectivity index (χ0n) is 9.25. The predicted molar refractivity (Wildman–Crippen MR) is 58.9 cm³/mol. The molecule has 1 fully saturated rings. The summed E-state index contributed by atoms with van der Waals surface area (Å²) in [5.74, 6) is 1.48. The lowest BCUT2D eigenvalue weighted by molar-refractivity contribution is -0.117. The standard InChI is InChI=1S/C12H21NO/c1-4-12(14)13-11-7-5-6-10(8-11)9(2)3/h4,9-11H,1,5-8H2,2-3H3,(H,13,14)/t10?,11-/m1/s1. The molecule has 1 amide bonds. The molecule has 2 heteroatoms. The van der Waals surface area contributed by atoms with Gasteiger partial charge in [0.15, 0.2) is 0 Å². The monoisotopic (exact) mass is 195 g/mol. The van der Waals surface area contributed by atoms with Crippen molar-refractivity contribution in [2.24, 2.45) is 11.8 Å². The smallest absolute Gasteiger partial charge is 0.243 e. The van der Waals surface area contributed by atoms with Gasteiger partial charge in [-0.05, 0) is 30.8 Å². The zero-order valence-corrected chi connectivity index (χ0v) is 9.25. The summed E-state index contributed by atoms with van der Waals surface area (Å²) in [6.07, 6.45) is 6.18. The molecule has 0 aliphatic heterocycles. The number of nitrogens with one attached hydrogen (secondary N) is 1. The third-order valence-electron chi connectivity index (χ3n) is 3.19. The average Bonchev–Trinajstić information content (AvgIpc) is 2.18. The van der Waals surface area contributed by atoms with Crippen LogP contribution >= 0.6 is 0 Å². The molecule has 1 unspecified atom stereocenters. The van der Waals surface area contributed by atoms with E-state index < -0.39 is 0 Å². The SMILES string of the molecule is C=CC(=O)N[C@@H]1CCCC(C(C)C)C1. The van der Waals surface area contributed by atoms with E-state index in [1.54, 1.807) is 0 Å². The number of rotatable bonds is 3. The second-order valence-corrected chi connectivity index (χ2v) is 4.58. The lowest BCUT2D eigenvalue weighted by Gasteiger charge is -2.31. The fourth-order valence-electron chi connectivity index (χ4n) is 2.22. The van der Waals surface area contributed by atoms with E-state index in [4.69, 9.17) is 0 Å². The van der Waals surface area contributed by atoms with Gasteiger partial charge in [0.25, 0.3) is 0 Å². The van der Waals surface area contributed by atoms with Gasteiger partial charge in [-0.3, -0.25) is 4.79 Å². The summed E-state index contributed by atoms with van der Waals surface area (Å²) < 4.78 is 0. The van der Waals surface area contributed by atoms with Gasteiger partial charge < -0.3 is 5.32 Å². The largest absolute Gasteiger partial charge is 0.350 e. The highest BCUT2D eigenvalue weighted by molar-refractivity contribution is 5.87. The second kappa shape index (κ2) is 5.18. The molecule has 1 saturated carbocycles. The Morgan fingerprint density at radius 1 is 1.50 bits per heavy atom. The Hall–Kier alpha value is -0.790. The van der Waals surface area contributed by atoms with E-state index in [0.29, 0.717) is 6.04 Å². The molecule has 0 spiro atoms. The lowest BCUT2D eigenvalue weighted by Crippen LogP contribution is -2.38. The molecule has 1 aliphatic rings. The fraction of sp³-hybridized carbons (Fsp3) is 0.750. The van der Waals surface area contributed by atoms with E-state index >= 15 is 0 Å². The van der Waals surface area contributed by atoms with Crippen LogP contribution in [0.2, 0.25) is 0 Å². The molecule has 2 nitrogen and oxygen atoms in total. The summed E-state index contributed by atoms with van der Waals surface area (Å²) in [6, 6.07) is 0.377. The molecule has 80 valence electrons. The summed E-state index contributed by atoms with van der Waals surface area (Å²) in [5, 5.41) is 3.00. The van der Waals surface area contributed by atoms with Crippen LogP contribution in [0.1, 0.15) is 39.5 Å². The Balaban J connectivity index is 2.39. The van der Waals surface area contributed by atoms with Crippen molar-refractivity contribution in [3.63, 3.8) is 0 Å². The number of hydrogen-bond donors (Lipinski definition) is 1. The van der Waals surface area contributed by atoms with Crippen LogP contribution in [0.5, 0.6) is 0 Å². The minimum atomic E-state index is -0.0283. The highest BCUT2D eigenvalue weighted by atomic mass is 16.1. The zero-order chi connectivity index (χ0) is 10.6. The summed E-state index contributed by atoms with van der Waals surface area (Å²) in [7, 11) is 0. The van der Waals surface area contributed by atoms with Crippen LogP contribution in [0, 0.1) is 11.8 Å². The van der Waals surface area contributed by atoms with Gasteiger partial charge in [-0.25, -0.2) is 0 Å². The number of hydrogen-bond acceptors (Lipinski definition) is 1. The maximum atomic E-state index is 11.1. The second-order valence-electron chi connectivity index (χ2n) is 4.58. The van der Waals surface area contributed by atoms with Crippen LogP contribution < -0.4 is 5.32 Å². The van der Waals surface area contributed by atoms with Gasteiger partial charge in [0, 0.05) is 6.04 Å². The molecule has 0 radical (unpaired) electrons. The first-order valence-corrected chi connectivity index (χ1v) is 5.56. The normalized spacial score (nSPS) is 27.4. The first-order valence-electron chi connectivity index (χ1n) is 5.56. The molecule has 0 bridgehead atoms. The Morgan fingerprint density at radius 2 is 2.21 bits per heavy atom. The Morgan fingerprint density at radius 3 is 2.79 bits per heavy atom. The predicted octanol–water partition coefficient (Wildman–Crippen LogP) is 2.50. The van der Waals surface area contributed by atoms with Gasteiger partial charge in [-0.1, -0.05) is 33.3 Å². The van der Waals surface area contributed by atoms with Crippen molar-refractivity contribution in [3.8, 4) is 0 Å². The van der Waals surface area contributed by atoms with Crippen molar-refractivity contribution in [1.82, 2.24) is 5.32 Å². The van der Waals surface area contributed by atoms with Crippen LogP contribution in [0.4, 0.5) is 0 Å². The molecule has 0 saturated heterocycles. The summed E-state index contributed by atoms with van der Waals surface area (Å²) >= 11 is 0. The summed E-state index contributed by atoms with van der Waals surface area (Å²) in [4.78, 5) is 11.1. The van der Waals surface area contributed by atoms with Crippen LogP contribution in [-0.4, -0.2) is 11.9 Å². The van der Waals surface area contributed by atoms with Crippen molar-refractivity contribution in [1.29, 1.82) is 0 Å². The maximum absolute atomic E-state index is 11.1. The highest BCUT2D eigenvalue weighted by Gasteiger charge is 2.24. The van der Waals surface area contributed by atoms with E-state index in [1.165, 1.54) is 18.9 Å². The molecule has 1 N–H and O–H groups in total. The molecule has 1 rings (SSSR count). The van der Waals surface area contributed by atoms with Gasteiger partial charge in [0.2, 0.25) is 5.91 Å². The fourth-order valence-corrected chi connectivity index (χ4v) is 2.22. The van der Waals surface area contributed by atoms with Crippen molar-refractivity contribution in [3.05, 3.63) is 12.7 Å². The average molecular weight is 195 g/mol. The van der Waals surface area contributed by atoms with E-state index in [-0.39, 0.29) is 5.91 Å². The summed E-state index contributed by atoms with van der Waals surface area (Å²) in [5.41, 5.74) is 0.